The van der Waals surface area contributed by atoms with Gasteiger partial charge < -0.3 is 20.1 Å². The van der Waals surface area contributed by atoms with Crippen LogP contribution in [0.4, 0.5) is 10.5 Å². The quantitative estimate of drug-likeness (QED) is 0.662. The zero-order valence-corrected chi connectivity index (χ0v) is 13.2. The van der Waals surface area contributed by atoms with E-state index in [2.05, 4.69) is 21.5 Å². The summed E-state index contributed by atoms with van der Waals surface area (Å²) in [5.74, 6) is 1.17. The summed E-state index contributed by atoms with van der Waals surface area (Å²) in [7, 11) is 0. The van der Waals surface area contributed by atoms with Crippen molar-refractivity contribution in [3.05, 3.63) is 17.2 Å². The van der Waals surface area contributed by atoms with Crippen molar-refractivity contribution in [3.63, 3.8) is 0 Å². The van der Waals surface area contributed by atoms with Crippen LogP contribution in [-0.2, 0) is 0 Å². The van der Waals surface area contributed by atoms with Crippen molar-refractivity contribution in [2.45, 2.75) is 32.0 Å². The smallest absolute Gasteiger partial charge is 0.319 e. The molecule has 0 aliphatic carbocycles. The Morgan fingerprint density at radius 1 is 1.18 bits per heavy atom. The molecule has 1 fully saturated rings. The first-order valence-electron chi connectivity index (χ1n) is 7.22. The number of carbonyl (C=O) groups is 1. The van der Waals surface area contributed by atoms with Crippen LogP contribution in [0.15, 0.2) is 12.1 Å². The number of urea groups is 1. The lowest BCUT2D eigenvalue weighted by Crippen LogP contribution is -2.48. The van der Waals surface area contributed by atoms with Crippen molar-refractivity contribution < 1.29 is 14.3 Å². The highest BCUT2D eigenvalue weighted by Gasteiger charge is 2.31. The molecule has 2 aliphatic rings. The van der Waals surface area contributed by atoms with E-state index < -0.39 is 0 Å². The van der Waals surface area contributed by atoms with E-state index in [1.807, 2.05) is 13.8 Å². The minimum Gasteiger partial charge on any atom is -0.486 e. The van der Waals surface area contributed by atoms with Gasteiger partial charge in [0.1, 0.15) is 13.2 Å². The lowest BCUT2D eigenvalue weighted by atomic mass is 10.1. The number of carbonyl (C=O) groups excluding carboxylic acids is 1. The number of hydrogen-bond acceptors (Lipinski definition) is 5. The summed E-state index contributed by atoms with van der Waals surface area (Å²) in [5.41, 5.74) is 6.66. The molecule has 120 valence electrons. The van der Waals surface area contributed by atoms with Gasteiger partial charge in [-0.3, -0.25) is 10.9 Å². The van der Waals surface area contributed by atoms with Crippen molar-refractivity contribution in [1.29, 1.82) is 0 Å². The molecular formula is C14H19ClN4O3. The van der Waals surface area contributed by atoms with Crippen LogP contribution in [0.1, 0.15) is 13.8 Å². The Balaban J connectivity index is 1.69. The molecule has 0 spiro atoms. The second kappa shape index (κ2) is 6.20. The van der Waals surface area contributed by atoms with Gasteiger partial charge in [-0.25, -0.2) is 4.79 Å². The third-order valence-corrected chi connectivity index (χ3v) is 4.11. The Morgan fingerprint density at radius 3 is 2.41 bits per heavy atom. The van der Waals surface area contributed by atoms with Crippen LogP contribution in [0, 0.1) is 0 Å². The van der Waals surface area contributed by atoms with Gasteiger partial charge in [0.05, 0.1) is 16.8 Å². The molecule has 3 rings (SSSR count). The maximum absolute atomic E-state index is 12.2. The van der Waals surface area contributed by atoms with E-state index >= 15 is 0 Å². The van der Waals surface area contributed by atoms with Crippen LogP contribution in [-0.4, -0.2) is 37.4 Å². The Hall–Kier alpha value is -1.70. The van der Waals surface area contributed by atoms with E-state index in [1.165, 1.54) is 0 Å². The van der Waals surface area contributed by atoms with E-state index in [0.717, 1.165) is 0 Å². The minimum atomic E-state index is -0.312. The normalized spacial score (nSPS) is 26.6. The molecule has 0 aromatic heterocycles. The number of halogens is 1. The van der Waals surface area contributed by atoms with Gasteiger partial charge >= 0.3 is 6.03 Å². The zero-order chi connectivity index (χ0) is 15.7. The summed E-state index contributed by atoms with van der Waals surface area (Å²) < 4.78 is 10.9. The van der Waals surface area contributed by atoms with Crippen LogP contribution in [0.25, 0.3) is 0 Å². The molecule has 0 bridgehead atoms. The fraction of sp³-hybridized carbons (Fsp3) is 0.500. The molecule has 2 amide bonds. The van der Waals surface area contributed by atoms with Gasteiger partial charge in [0, 0.05) is 24.2 Å². The predicted molar refractivity (Wildman–Crippen MR) is 83.6 cm³/mol. The van der Waals surface area contributed by atoms with E-state index in [-0.39, 0.29) is 24.2 Å². The largest absolute Gasteiger partial charge is 0.486 e. The number of anilines is 1. The summed E-state index contributed by atoms with van der Waals surface area (Å²) in [6, 6.07) is 3.26. The number of hydrogen-bond donors (Lipinski definition) is 4. The molecule has 1 aromatic rings. The number of rotatable bonds is 2. The lowest BCUT2D eigenvalue weighted by Gasteiger charge is -2.22. The van der Waals surface area contributed by atoms with Crippen molar-refractivity contribution in [3.8, 4) is 11.5 Å². The van der Waals surface area contributed by atoms with Crippen molar-refractivity contribution in [2.24, 2.45) is 0 Å². The lowest BCUT2D eigenvalue weighted by molar-refractivity contribution is 0.171. The highest BCUT2D eigenvalue weighted by molar-refractivity contribution is 6.34. The molecule has 7 nitrogen and oxygen atoms in total. The van der Waals surface area contributed by atoms with Crippen LogP contribution < -0.4 is 31.0 Å². The molecule has 1 aromatic carbocycles. The second-order valence-electron chi connectivity index (χ2n) is 5.47. The number of benzene rings is 1. The fourth-order valence-electron chi connectivity index (χ4n) is 2.60. The molecule has 1 saturated heterocycles. The van der Waals surface area contributed by atoms with Gasteiger partial charge in [0.25, 0.3) is 0 Å². The van der Waals surface area contributed by atoms with Gasteiger partial charge in [-0.15, -0.1) is 0 Å². The number of ether oxygens (including phenoxy) is 2. The number of fused-ring (bicyclic) bond motifs is 1. The van der Waals surface area contributed by atoms with Crippen molar-refractivity contribution in [2.75, 3.05) is 18.5 Å². The summed E-state index contributed by atoms with van der Waals surface area (Å²) in [6.45, 7) is 4.97. The third kappa shape index (κ3) is 3.06. The Morgan fingerprint density at radius 2 is 1.77 bits per heavy atom. The van der Waals surface area contributed by atoms with Crippen molar-refractivity contribution >= 4 is 23.3 Å². The zero-order valence-electron chi connectivity index (χ0n) is 12.4. The molecule has 2 unspecified atom stereocenters. The van der Waals surface area contributed by atoms with Crippen LogP contribution in [0.3, 0.4) is 0 Å². The third-order valence-electron chi connectivity index (χ3n) is 3.79. The molecule has 2 heterocycles. The molecule has 22 heavy (non-hydrogen) atoms. The van der Waals surface area contributed by atoms with Gasteiger partial charge in [0.15, 0.2) is 11.5 Å². The molecule has 2 aliphatic heterocycles. The highest BCUT2D eigenvalue weighted by atomic mass is 35.5. The number of hydrazine groups is 1. The van der Waals surface area contributed by atoms with E-state index in [9.17, 15) is 4.79 Å². The van der Waals surface area contributed by atoms with Crippen LogP contribution in [0.2, 0.25) is 5.02 Å². The second-order valence-corrected chi connectivity index (χ2v) is 5.87. The number of amides is 2. The maximum atomic E-state index is 12.2. The van der Waals surface area contributed by atoms with Gasteiger partial charge in [-0.05, 0) is 13.8 Å². The van der Waals surface area contributed by atoms with Crippen LogP contribution >= 0.6 is 11.6 Å². The first-order valence-corrected chi connectivity index (χ1v) is 7.60. The fourth-order valence-corrected chi connectivity index (χ4v) is 2.80. The minimum absolute atomic E-state index is 0.0176. The monoisotopic (exact) mass is 326 g/mol. The SMILES string of the molecule is CC1NNC(C)C1NC(=O)Nc1cc2c(cc1Cl)OCCO2. The van der Waals surface area contributed by atoms with Gasteiger partial charge in [-0.2, -0.15) is 0 Å². The summed E-state index contributed by atoms with van der Waals surface area (Å²) in [4.78, 5) is 12.2. The molecule has 4 N–H and O–H groups in total. The summed E-state index contributed by atoms with van der Waals surface area (Å²) in [6.07, 6.45) is 0. The van der Waals surface area contributed by atoms with Crippen LogP contribution in [0.5, 0.6) is 11.5 Å². The highest BCUT2D eigenvalue weighted by Crippen LogP contribution is 2.37. The molecular weight excluding hydrogens is 308 g/mol. The topological polar surface area (TPSA) is 83.7 Å². The molecule has 2 atom stereocenters. The Kier molecular flexibility index (Phi) is 4.28. The van der Waals surface area contributed by atoms with Gasteiger partial charge in [-0.1, -0.05) is 11.6 Å². The Bertz CT molecular complexity index is 573. The Labute approximate surface area is 133 Å². The molecule has 0 saturated carbocycles. The average Bonchev–Trinajstić information content (AvgIpc) is 2.80. The summed E-state index contributed by atoms with van der Waals surface area (Å²) >= 11 is 6.18. The standard InChI is InChI=1S/C14H19ClN4O3/c1-7-13(8(2)19-18-7)17-14(20)16-10-6-12-11(5-9(10)15)21-3-4-22-12/h5-8,13,18-19H,3-4H2,1-2H3,(H2,16,17,20). The number of nitrogens with one attached hydrogen (secondary N) is 4. The maximum Gasteiger partial charge on any atom is 0.319 e. The van der Waals surface area contributed by atoms with E-state index in [4.69, 9.17) is 21.1 Å². The molecule has 8 heteroatoms. The van der Waals surface area contributed by atoms with Crippen molar-refractivity contribution in [1.82, 2.24) is 16.2 Å². The first-order chi connectivity index (χ1) is 10.5. The summed E-state index contributed by atoms with van der Waals surface area (Å²) in [5, 5.41) is 6.09. The predicted octanol–water partition coefficient (Wildman–Crippen LogP) is 1.49. The van der Waals surface area contributed by atoms with E-state index in [0.29, 0.717) is 35.4 Å². The average molecular weight is 327 g/mol. The van der Waals surface area contributed by atoms with E-state index in [1.54, 1.807) is 12.1 Å². The molecule has 0 radical (unpaired) electrons. The first kappa shape index (κ1) is 15.2. The van der Waals surface area contributed by atoms with Gasteiger partial charge in [0.2, 0.25) is 0 Å².